The van der Waals surface area contributed by atoms with Crippen molar-refractivity contribution in [3.63, 3.8) is 0 Å². The van der Waals surface area contributed by atoms with Crippen LogP contribution in [0, 0.1) is 11.6 Å². The van der Waals surface area contributed by atoms with Crippen LogP contribution in [0.15, 0.2) is 36.4 Å². The van der Waals surface area contributed by atoms with Gasteiger partial charge in [0.1, 0.15) is 0 Å². The highest BCUT2D eigenvalue weighted by Gasteiger charge is 2.50. The molecule has 2 heterocycles. The van der Waals surface area contributed by atoms with Gasteiger partial charge >= 0.3 is 12.4 Å². The van der Waals surface area contributed by atoms with Crippen LogP contribution in [0.3, 0.4) is 0 Å². The molecule has 4 rings (SSSR count). The van der Waals surface area contributed by atoms with Gasteiger partial charge in [-0.1, -0.05) is 12.1 Å². The van der Waals surface area contributed by atoms with Crippen LogP contribution in [0.5, 0.6) is 11.5 Å². The van der Waals surface area contributed by atoms with Crippen LogP contribution in [0.2, 0.25) is 0 Å². The molecule has 14 heteroatoms. The van der Waals surface area contributed by atoms with Crippen LogP contribution in [0.4, 0.5) is 35.1 Å². The first kappa shape index (κ1) is 36.1. The molecule has 2 fully saturated rings. The molecular formula is C30H37ClF8N2O3. The Morgan fingerprint density at radius 2 is 1.09 bits per heavy atom. The van der Waals surface area contributed by atoms with E-state index >= 15 is 0 Å². The second-order valence-corrected chi connectivity index (χ2v) is 11.2. The third-order valence-corrected chi connectivity index (χ3v) is 8.21. The lowest BCUT2D eigenvalue weighted by atomic mass is 9.90. The van der Waals surface area contributed by atoms with Crippen molar-refractivity contribution in [3.05, 3.63) is 59.2 Å². The van der Waals surface area contributed by atoms with Crippen molar-refractivity contribution in [1.82, 2.24) is 9.80 Å². The maximum absolute atomic E-state index is 14.1. The quantitative estimate of drug-likeness (QED) is 0.249. The molecule has 2 aromatic carbocycles. The van der Waals surface area contributed by atoms with Gasteiger partial charge in [0.25, 0.3) is 0 Å². The first-order valence-electron chi connectivity index (χ1n) is 14.2. The zero-order chi connectivity index (χ0) is 31.4. The van der Waals surface area contributed by atoms with E-state index in [0.717, 1.165) is 0 Å². The molecule has 0 saturated carbocycles. The summed E-state index contributed by atoms with van der Waals surface area (Å²) in [6, 6.07) is 8.51. The molecule has 2 saturated heterocycles. The van der Waals surface area contributed by atoms with E-state index in [2.05, 4.69) is 0 Å². The van der Waals surface area contributed by atoms with Crippen LogP contribution in [-0.4, -0.2) is 87.8 Å². The minimum absolute atomic E-state index is 0. The highest BCUT2D eigenvalue weighted by molar-refractivity contribution is 5.85. The molecular weight excluding hydrogens is 624 g/mol. The van der Waals surface area contributed by atoms with Crippen LogP contribution in [-0.2, 0) is 4.74 Å². The first-order valence-corrected chi connectivity index (χ1v) is 14.2. The number of hydrogen-bond acceptors (Lipinski definition) is 5. The van der Waals surface area contributed by atoms with E-state index in [9.17, 15) is 35.1 Å². The fourth-order valence-electron chi connectivity index (χ4n) is 5.96. The Bertz CT molecular complexity index is 1120. The smallest absolute Gasteiger partial charge is 0.415 e. The fourth-order valence-corrected chi connectivity index (χ4v) is 5.96. The maximum Gasteiger partial charge on any atom is 0.415 e. The van der Waals surface area contributed by atoms with Gasteiger partial charge in [-0.2, -0.15) is 26.3 Å². The SMILES string of the molecule is COc1cc(C2CCCN(C[C@H](O[C@@H](CN3CCCC(c4ccc(F)c(OC)c4)C3)C(F)(F)F)C(F)(F)F)C2)ccc1F.Cl. The highest BCUT2D eigenvalue weighted by Crippen LogP contribution is 2.36. The number of rotatable bonds is 10. The van der Waals surface area contributed by atoms with Gasteiger partial charge in [-0.05, 0) is 86.0 Å². The molecule has 248 valence electrons. The van der Waals surface area contributed by atoms with E-state index in [1.807, 2.05) is 0 Å². The summed E-state index contributed by atoms with van der Waals surface area (Å²) in [5.41, 5.74) is 1.36. The Morgan fingerprint density at radius 3 is 1.43 bits per heavy atom. The predicted molar refractivity (Wildman–Crippen MR) is 151 cm³/mol. The number of ether oxygens (including phenoxy) is 3. The van der Waals surface area contributed by atoms with Gasteiger partial charge in [0.05, 0.1) is 14.2 Å². The van der Waals surface area contributed by atoms with Gasteiger partial charge in [0, 0.05) is 26.2 Å². The molecule has 0 N–H and O–H groups in total. The van der Waals surface area contributed by atoms with E-state index in [1.165, 1.54) is 60.4 Å². The second kappa shape index (κ2) is 15.3. The largest absolute Gasteiger partial charge is 0.494 e. The van der Waals surface area contributed by atoms with E-state index in [1.54, 1.807) is 0 Å². The van der Waals surface area contributed by atoms with E-state index in [-0.39, 0.29) is 61.9 Å². The van der Waals surface area contributed by atoms with E-state index in [4.69, 9.17) is 14.2 Å². The molecule has 0 bridgehead atoms. The third-order valence-electron chi connectivity index (χ3n) is 8.21. The van der Waals surface area contributed by atoms with Gasteiger partial charge in [0.15, 0.2) is 35.3 Å². The minimum Gasteiger partial charge on any atom is -0.494 e. The standard InChI is InChI=1S/C30H36F8N2O3.ClH/c1-41-25-13-19(7-9-23(25)31)21-5-3-11-39(15-21)17-27(29(33,34)35)43-28(30(36,37)38)18-40-12-4-6-22(16-40)20-8-10-24(32)26(14-20)42-2;/h7-10,13-14,21-22,27-28H,3-6,11-12,15-18H2,1-2H3;1H/t21?,22?,27-,28-;/m0./s1. The Hall–Kier alpha value is -2.35. The summed E-state index contributed by atoms with van der Waals surface area (Å²) in [6.45, 7) is -0.703. The van der Waals surface area contributed by atoms with Crippen LogP contribution in [0.25, 0.3) is 0 Å². The number of likely N-dealkylation sites (tertiary alicyclic amines) is 2. The number of halogens is 9. The molecule has 4 atom stereocenters. The van der Waals surface area contributed by atoms with Gasteiger partial charge < -0.3 is 14.2 Å². The molecule has 0 aromatic heterocycles. The van der Waals surface area contributed by atoms with Gasteiger partial charge in [-0.15, -0.1) is 12.4 Å². The summed E-state index contributed by atoms with van der Waals surface area (Å²) in [7, 11) is 2.61. The summed E-state index contributed by atoms with van der Waals surface area (Å²) in [5, 5.41) is 0. The molecule has 2 unspecified atom stereocenters. The molecule has 5 nitrogen and oxygen atoms in total. The lowest BCUT2D eigenvalue weighted by Crippen LogP contribution is -2.52. The molecule has 2 aliphatic heterocycles. The van der Waals surface area contributed by atoms with Crippen molar-refractivity contribution < 1.29 is 49.3 Å². The molecule has 2 aliphatic rings. The number of alkyl halides is 6. The van der Waals surface area contributed by atoms with Crippen molar-refractivity contribution in [2.75, 3.05) is 53.5 Å². The molecule has 0 radical (unpaired) electrons. The number of piperidine rings is 2. The minimum atomic E-state index is -5.04. The number of methoxy groups -OCH3 is 2. The summed E-state index contributed by atoms with van der Waals surface area (Å²) in [5.74, 6) is -1.60. The lowest BCUT2D eigenvalue weighted by molar-refractivity contribution is -0.290. The van der Waals surface area contributed by atoms with E-state index < -0.39 is 49.3 Å². The normalized spacial score (nSPS) is 21.8. The van der Waals surface area contributed by atoms with Crippen LogP contribution < -0.4 is 9.47 Å². The number of nitrogens with zero attached hydrogens (tertiary/aromatic N) is 2. The fraction of sp³-hybridized carbons (Fsp3) is 0.600. The molecule has 0 spiro atoms. The summed E-state index contributed by atoms with van der Waals surface area (Å²) >= 11 is 0. The summed E-state index contributed by atoms with van der Waals surface area (Å²) in [6.07, 6.45) is -13.1. The Labute approximate surface area is 257 Å². The zero-order valence-corrected chi connectivity index (χ0v) is 25.2. The molecule has 2 aromatic rings. The maximum atomic E-state index is 14.1. The number of hydrogen-bond donors (Lipinski definition) is 0. The van der Waals surface area contributed by atoms with Gasteiger partial charge in [-0.25, -0.2) is 8.78 Å². The molecule has 44 heavy (non-hydrogen) atoms. The predicted octanol–water partition coefficient (Wildman–Crippen LogP) is 7.34. The average molecular weight is 661 g/mol. The van der Waals surface area contributed by atoms with Crippen molar-refractivity contribution in [2.24, 2.45) is 0 Å². The van der Waals surface area contributed by atoms with Crippen molar-refractivity contribution in [1.29, 1.82) is 0 Å². The third kappa shape index (κ3) is 9.34. The first-order chi connectivity index (χ1) is 20.3. The Morgan fingerprint density at radius 1 is 0.705 bits per heavy atom. The topological polar surface area (TPSA) is 34.2 Å². The summed E-state index contributed by atoms with van der Waals surface area (Å²) in [4.78, 5) is 2.91. The van der Waals surface area contributed by atoms with Crippen molar-refractivity contribution in [2.45, 2.75) is 62.1 Å². The number of benzene rings is 2. The van der Waals surface area contributed by atoms with E-state index in [0.29, 0.717) is 36.8 Å². The average Bonchev–Trinajstić information content (AvgIpc) is 2.96. The van der Waals surface area contributed by atoms with Gasteiger partial charge in [0.2, 0.25) is 0 Å². The monoisotopic (exact) mass is 660 g/mol. The Kier molecular flexibility index (Phi) is 12.6. The van der Waals surface area contributed by atoms with Gasteiger partial charge in [-0.3, -0.25) is 9.80 Å². The Balaban J connectivity index is 0.00000529. The second-order valence-electron chi connectivity index (χ2n) is 11.2. The highest BCUT2D eigenvalue weighted by atomic mass is 35.5. The van der Waals surface area contributed by atoms with Crippen LogP contribution in [0.1, 0.15) is 48.6 Å². The molecule has 0 aliphatic carbocycles. The summed E-state index contributed by atoms with van der Waals surface area (Å²) < 4.78 is 127. The van der Waals surface area contributed by atoms with Crippen molar-refractivity contribution >= 4 is 12.4 Å². The van der Waals surface area contributed by atoms with Crippen molar-refractivity contribution in [3.8, 4) is 11.5 Å². The molecule has 0 amide bonds. The lowest BCUT2D eigenvalue weighted by Gasteiger charge is -2.39. The zero-order valence-electron chi connectivity index (χ0n) is 24.4. The van der Waals surface area contributed by atoms with Crippen LogP contribution >= 0.6 is 12.4 Å².